The number of piperidine rings is 1. The quantitative estimate of drug-likeness (QED) is 0.711. The maximum absolute atomic E-state index is 9.28. The van der Waals surface area contributed by atoms with Crippen molar-refractivity contribution in [3.8, 4) is 6.07 Å². The highest BCUT2D eigenvalue weighted by molar-refractivity contribution is 5.86. The molecule has 0 amide bonds. The molecule has 1 fully saturated rings. The van der Waals surface area contributed by atoms with Gasteiger partial charge in [0, 0.05) is 42.8 Å². The Labute approximate surface area is 149 Å². The van der Waals surface area contributed by atoms with E-state index in [0.29, 0.717) is 6.04 Å². The predicted molar refractivity (Wildman–Crippen MR) is 102 cm³/mol. The highest BCUT2D eigenvalue weighted by atomic mass is 15.1. The van der Waals surface area contributed by atoms with E-state index in [2.05, 4.69) is 64.2 Å². The van der Waals surface area contributed by atoms with E-state index in [4.69, 9.17) is 0 Å². The summed E-state index contributed by atoms with van der Waals surface area (Å²) in [6.07, 6.45) is 5.64. The van der Waals surface area contributed by atoms with Crippen LogP contribution in [0.3, 0.4) is 0 Å². The lowest BCUT2D eigenvalue weighted by molar-refractivity contribution is 0.190. The zero-order valence-electron chi connectivity index (χ0n) is 14.4. The van der Waals surface area contributed by atoms with Crippen LogP contribution in [0.1, 0.15) is 30.0 Å². The van der Waals surface area contributed by atoms with Crippen LogP contribution in [0.15, 0.2) is 60.8 Å². The van der Waals surface area contributed by atoms with Gasteiger partial charge in [0.1, 0.15) is 0 Å². The van der Waals surface area contributed by atoms with E-state index in [1.807, 2.05) is 12.1 Å². The van der Waals surface area contributed by atoms with Crippen LogP contribution in [0.5, 0.6) is 0 Å². The van der Waals surface area contributed by atoms with Gasteiger partial charge in [-0.3, -0.25) is 0 Å². The Morgan fingerprint density at radius 3 is 2.52 bits per heavy atom. The van der Waals surface area contributed by atoms with Crippen molar-refractivity contribution in [1.29, 1.82) is 5.26 Å². The SMILES string of the molecule is N#Cc1cccc2c1ccn2C1CCN(CCc2ccccc2)CC1. The number of nitriles is 1. The van der Waals surface area contributed by atoms with E-state index < -0.39 is 0 Å². The van der Waals surface area contributed by atoms with Gasteiger partial charge < -0.3 is 9.47 Å². The molecule has 2 aromatic carbocycles. The molecule has 4 rings (SSSR count). The summed E-state index contributed by atoms with van der Waals surface area (Å²) in [5, 5.41) is 10.4. The normalized spacial score (nSPS) is 16.1. The Bertz CT molecular complexity index is 881. The van der Waals surface area contributed by atoms with Crippen molar-refractivity contribution >= 4 is 10.9 Å². The third-order valence-corrected chi connectivity index (χ3v) is 5.39. The second-order valence-electron chi connectivity index (χ2n) is 6.88. The maximum Gasteiger partial charge on any atom is 0.0998 e. The lowest BCUT2D eigenvalue weighted by atomic mass is 10.0. The first kappa shape index (κ1) is 15.9. The van der Waals surface area contributed by atoms with Crippen molar-refractivity contribution in [2.24, 2.45) is 0 Å². The predicted octanol–water partition coefficient (Wildman–Crippen LogP) is 4.39. The van der Waals surface area contributed by atoms with Crippen LogP contribution < -0.4 is 0 Å². The smallest absolute Gasteiger partial charge is 0.0998 e. The highest BCUT2D eigenvalue weighted by Crippen LogP contribution is 2.29. The van der Waals surface area contributed by atoms with Crippen molar-refractivity contribution < 1.29 is 0 Å². The Morgan fingerprint density at radius 1 is 0.960 bits per heavy atom. The largest absolute Gasteiger partial charge is 0.344 e. The molecule has 0 unspecified atom stereocenters. The van der Waals surface area contributed by atoms with Gasteiger partial charge in [-0.1, -0.05) is 36.4 Å². The maximum atomic E-state index is 9.28. The Kier molecular flexibility index (Phi) is 4.54. The topological polar surface area (TPSA) is 32.0 Å². The molecular weight excluding hydrogens is 306 g/mol. The van der Waals surface area contributed by atoms with Crippen molar-refractivity contribution in [3.05, 3.63) is 71.9 Å². The Hall–Kier alpha value is -2.57. The summed E-state index contributed by atoms with van der Waals surface area (Å²) in [6, 6.07) is 21.7. The van der Waals surface area contributed by atoms with Crippen molar-refractivity contribution in [2.75, 3.05) is 19.6 Å². The first-order valence-electron chi connectivity index (χ1n) is 9.11. The second kappa shape index (κ2) is 7.13. The lowest BCUT2D eigenvalue weighted by Gasteiger charge is -2.33. The lowest BCUT2D eigenvalue weighted by Crippen LogP contribution is -2.35. The molecule has 3 nitrogen and oxygen atoms in total. The zero-order chi connectivity index (χ0) is 17.1. The van der Waals surface area contributed by atoms with Gasteiger partial charge in [0.05, 0.1) is 11.6 Å². The molecule has 1 aliphatic heterocycles. The summed E-state index contributed by atoms with van der Waals surface area (Å²) < 4.78 is 2.38. The molecule has 2 heterocycles. The number of nitrogens with zero attached hydrogens (tertiary/aromatic N) is 3. The van der Waals surface area contributed by atoms with E-state index in [-0.39, 0.29) is 0 Å². The van der Waals surface area contributed by atoms with Crippen LogP contribution in [0.25, 0.3) is 10.9 Å². The second-order valence-corrected chi connectivity index (χ2v) is 6.88. The molecule has 0 aliphatic carbocycles. The van der Waals surface area contributed by atoms with Gasteiger partial charge in [0.15, 0.2) is 0 Å². The molecule has 25 heavy (non-hydrogen) atoms. The van der Waals surface area contributed by atoms with Crippen molar-refractivity contribution in [2.45, 2.75) is 25.3 Å². The van der Waals surface area contributed by atoms with Crippen molar-refractivity contribution in [1.82, 2.24) is 9.47 Å². The molecule has 126 valence electrons. The van der Waals surface area contributed by atoms with Crippen LogP contribution >= 0.6 is 0 Å². The molecule has 0 atom stereocenters. The van der Waals surface area contributed by atoms with Crippen LogP contribution in [0.4, 0.5) is 0 Å². The van der Waals surface area contributed by atoms with Crippen molar-refractivity contribution in [3.63, 3.8) is 0 Å². The summed E-state index contributed by atoms with van der Waals surface area (Å²) in [4.78, 5) is 2.58. The molecule has 0 saturated carbocycles. The number of hydrogen-bond acceptors (Lipinski definition) is 2. The van der Waals surface area contributed by atoms with Crippen LogP contribution in [-0.4, -0.2) is 29.1 Å². The monoisotopic (exact) mass is 329 g/mol. The minimum absolute atomic E-state index is 0.541. The first-order chi connectivity index (χ1) is 12.3. The molecule has 3 aromatic rings. The highest BCUT2D eigenvalue weighted by Gasteiger charge is 2.21. The number of rotatable bonds is 4. The fraction of sp³-hybridized carbons (Fsp3) is 0.318. The number of hydrogen-bond donors (Lipinski definition) is 0. The number of fused-ring (bicyclic) bond motifs is 1. The summed E-state index contributed by atoms with van der Waals surface area (Å²) in [7, 11) is 0. The summed E-state index contributed by atoms with van der Waals surface area (Å²) in [5.74, 6) is 0. The number of benzene rings is 2. The van der Waals surface area contributed by atoms with Gasteiger partial charge in [-0.15, -0.1) is 0 Å². The molecule has 0 N–H and O–H groups in total. The minimum Gasteiger partial charge on any atom is -0.344 e. The van der Waals surface area contributed by atoms with E-state index in [9.17, 15) is 5.26 Å². The first-order valence-corrected chi connectivity index (χ1v) is 9.11. The standard InChI is InChI=1S/C22H23N3/c23-17-19-7-4-8-22-21(19)12-16-25(22)20-10-14-24(15-11-20)13-9-18-5-2-1-3-6-18/h1-8,12,16,20H,9-11,13-15H2. The molecule has 1 saturated heterocycles. The van der Waals surface area contributed by atoms with E-state index in [1.54, 1.807) is 0 Å². The molecule has 1 aromatic heterocycles. The van der Waals surface area contributed by atoms with E-state index in [0.717, 1.165) is 37.0 Å². The molecule has 1 aliphatic rings. The Morgan fingerprint density at radius 2 is 1.76 bits per heavy atom. The summed E-state index contributed by atoms with van der Waals surface area (Å²) in [5.41, 5.74) is 3.39. The number of aromatic nitrogens is 1. The molecule has 3 heteroatoms. The van der Waals surface area contributed by atoms with E-state index in [1.165, 1.54) is 23.9 Å². The third-order valence-electron chi connectivity index (χ3n) is 5.39. The van der Waals surface area contributed by atoms with Crippen LogP contribution in [0.2, 0.25) is 0 Å². The number of likely N-dealkylation sites (tertiary alicyclic amines) is 1. The molecule has 0 radical (unpaired) electrons. The summed E-state index contributed by atoms with van der Waals surface area (Å²) in [6.45, 7) is 3.44. The van der Waals surface area contributed by atoms with Gasteiger partial charge in [-0.05, 0) is 43.0 Å². The van der Waals surface area contributed by atoms with Gasteiger partial charge in [0.25, 0.3) is 0 Å². The fourth-order valence-electron chi connectivity index (χ4n) is 3.96. The van der Waals surface area contributed by atoms with Gasteiger partial charge >= 0.3 is 0 Å². The third kappa shape index (κ3) is 3.31. The van der Waals surface area contributed by atoms with Gasteiger partial charge in [-0.25, -0.2) is 0 Å². The van der Waals surface area contributed by atoms with Crippen LogP contribution in [0, 0.1) is 11.3 Å². The molecule has 0 spiro atoms. The fourth-order valence-corrected chi connectivity index (χ4v) is 3.96. The zero-order valence-corrected chi connectivity index (χ0v) is 14.4. The molecular formula is C22H23N3. The summed E-state index contributed by atoms with van der Waals surface area (Å²) >= 11 is 0. The minimum atomic E-state index is 0.541. The molecule has 0 bridgehead atoms. The van der Waals surface area contributed by atoms with Gasteiger partial charge in [0.2, 0.25) is 0 Å². The average Bonchev–Trinajstić information content (AvgIpc) is 3.12. The Balaban J connectivity index is 1.40. The van der Waals surface area contributed by atoms with Gasteiger partial charge in [-0.2, -0.15) is 5.26 Å². The van der Waals surface area contributed by atoms with E-state index >= 15 is 0 Å². The average molecular weight is 329 g/mol. The van der Waals surface area contributed by atoms with Crippen LogP contribution in [-0.2, 0) is 6.42 Å².